The lowest BCUT2D eigenvalue weighted by Crippen LogP contribution is -2.38. The summed E-state index contributed by atoms with van der Waals surface area (Å²) in [5, 5.41) is 10.6. The fraction of sp³-hybridized carbons (Fsp3) is 0.125. The Morgan fingerprint density at radius 2 is 1.74 bits per heavy atom. The van der Waals surface area contributed by atoms with Crippen LogP contribution in [0.25, 0.3) is 10.6 Å². The highest BCUT2D eigenvalue weighted by molar-refractivity contribution is 7.92. The van der Waals surface area contributed by atoms with Crippen molar-refractivity contribution in [2.45, 2.75) is 11.1 Å². The number of alkyl halides is 3. The highest BCUT2D eigenvalue weighted by Crippen LogP contribution is 2.37. The Morgan fingerprint density at radius 3 is 2.37 bits per heavy atom. The van der Waals surface area contributed by atoms with Crippen LogP contribution in [0.5, 0.6) is 5.75 Å². The molecular formula is C24H18ClF3N4O4S2. The number of carbonyl (C=O) groups is 1. The lowest BCUT2D eigenvalue weighted by molar-refractivity contribution is -0.137. The Labute approximate surface area is 224 Å². The maximum Gasteiger partial charge on any atom is 0.416 e. The molecule has 0 fully saturated rings. The number of methoxy groups -OCH3 is 1. The molecule has 0 aliphatic heterocycles. The van der Waals surface area contributed by atoms with Crippen LogP contribution in [0.2, 0.25) is 5.02 Å². The average Bonchev–Trinajstić information content (AvgIpc) is 3.36. The summed E-state index contributed by atoms with van der Waals surface area (Å²) in [6, 6.07) is 16.1. The Kier molecular flexibility index (Phi) is 7.90. The molecule has 4 rings (SSSR count). The SMILES string of the molecule is COc1ccc(-c2nnc(NC(=O)CN(c3cc(C(F)(F)F)ccc3Cl)S(=O)(=O)c3ccccc3)s2)cc1. The smallest absolute Gasteiger partial charge is 0.416 e. The van der Waals surface area contributed by atoms with Gasteiger partial charge in [0.25, 0.3) is 10.0 Å². The van der Waals surface area contributed by atoms with Gasteiger partial charge in [0.05, 0.1) is 28.3 Å². The zero-order valence-corrected chi connectivity index (χ0v) is 21.8. The zero-order chi connectivity index (χ0) is 27.5. The summed E-state index contributed by atoms with van der Waals surface area (Å²) in [7, 11) is -2.97. The average molecular weight is 583 g/mol. The molecule has 8 nitrogen and oxygen atoms in total. The van der Waals surface area contributed by atoms with Gasteiger partial charge in [-0.2, -0.15) is 13.2 Å². The molecule has 0 spiro atoms. The summed E-state index contributed by atoms with van der Waals surface area (Å²) in [5.74, 6) is -0.227. The second-order valence-electron chi connectivity index (χ2n) is 7.68. The van der Waals surface area contributed by atoms with Crippen LogP contribution >= 0.6 is 22.9 Å². The lowest BCUT2D eigenvalue weighted by Gasteiger charge is -2.25. The van der Waals surface area contributed by atoms with Crippen LogP contribution in [-0.4, -0.2) is 38.2 Å². The predicted octanol–water partition coefficient (Wildman–Crippen LogP) is 5.72. The van der Waals surface area contributed by atoms with Gasteiger partial charge < -0.3 is 4.74 Å². The first-order valence-electron chi connectivity index (χ1n) is 10.7. The van der Waals surface area contributed by atoms with Gasteiger partial charge in [0.2, 0.25) is 11.0 Å². The standard InChI is InChI=1S/C24H18ClF3N4O4S2/c1-36-17-10-7-15(8-11-17)22-30-31-23(37-22)29-21(33)14-32(38(34,35)18-5-3-2-4-6-18)20-13-16(24(26,27)28)9-12-19(20)25/h2-13H,14H2,1H3,(H,29,31,33). The summed E-state index contributed by atoms with van der Waals surface area (Å²) >= 11 is 7.16. The van der Waals surface area contributed by atoms with Crippen molar-refractivity contribution in [3.8, 4) is 16.3 Å². The van der Waals surface area contributed by atoms with Crippen molar-refractivity contribution in [3.05, 3.63) is 83.4 Å². The van der Waals surface area contributed by atoms with Crippen LogP contribution in [0, 0.1) is 0 Å². The molecule has 0 aliphatic rings. The van der Waals surface area contributed by atoms with Crippen LogP contribution in [0.3, 0.4) is 0 Å². The third-order valence-corrected chi connectivity index (χ3v) is 8.15. The fourth-order valence-electron chi connectivity index (χ4n) is 3.31. The number of benzene rings is 3. The van der Waals surface area contributed by atoms with Gasteiger partial charge in [-0.15, -0.1) is 10.2 Å². The maximum atomic E-state index is 13.4. The van der Waals surface area contributed by atoms with Crippen LogP contribution < -0.4 is 14.4 Å². The Balaban J connectivity index is 1.64. The van der Waals surface area contributed by atoms with Crippen molar-refractivity contribution in [1.29, 1.82) is 0 Å². The van der Waals surface area contributed by atoms with Gasteiger partial charge in [-0.3, -0.25) is 14.4 Å². The molecule has 1 heterocycles. The third kappa shape index (κ3) is 6.06. The number of nitrogens with one attached hydrogen (secondary N) is 1. The molecule has 1 N–H and O–H groups in total. The number of halogens is 4. The second-order valence-corrected chi connectivity index (χ2v) is 10.9. The van der Waals surface area contributed by atoms with Gasteiger partial charge in [-0.25, -0.2) is 8.42 Å². The first kappa shape index (κ1) is 27.4. The lowest BCUT2D eigenvalue weighted by atomic mass is 10.2. The Hall–Kier alpha value is -3.68. The molecule has 198 valence electrons. The molecule has 1 aromatic heterocycles. The van der Waals surface area contributed by atoms with E-state index in [1.807, 2.05) is 0 Å². The fourth-order valence-corrected chi connectivity index (χ4v) is 5.80. The normalized spacial score (nSPS) is 11.7. The number of hydrogen-bond acceptors (Lipinski definition) is 7. The number of amides is 1. The quantitative estimate of drug-likeness (QED) is 0.285. The van der Waals surface area contributed by atoms with Gasteiger partial charge >= 0.3 is 6.18 Å². The molecule has 0 atom stereocenters. The number of ether oxygens (including phenoxy) is 1. The van der Waals surface area contributed by atoms with Crippen molar-refractivity contribution < 1.29 is 31.1 Å². The topological polar surface area (TPSA) is 101 Å². The molecule has 1 amide bonds. The van der Waals surface area contributed by atoms with E-state index in [2.05, 4.69) is 15.5 Å². The zero-order valence-electron chi connectivity index (χ0n) is 19.4. The summed E-state index contributed by atoms with van der Waals surface area (Å²) in [4.78, 5) is 12.7. The number of carbonyl (C=O) groups excluding carboxylic acids is 1. The molecule has 38 heavy (non-hydrogen) atoms. The second kappa shape index (κ2) is 11.0. The first-order chi connectivity index (χ1) is 18.0. The highest BCUT2D eigenvalue weighted by Gasteiger charge is 2.34. The van der Waals surface area contributed by atoms with Gasteiger partial charge in [0, 0.05) is 5.56 Å². The third-order valence-electron chi connectivity index (χ3n) is 5.17. The number of anilines is 2. The highest BCUT2D eigenvalue weighted by atomic mass is 35.5. The summed E-state index contributed by atoms with van der Waals surface area (Å²) in [6.45, 7) is -0.879. The van der Waals surface area contributed by atoms with Crippen LogP contribution in [0.4, 0.5) is 24.0 Å². The van der Waals surface area contributed by atoms with E-state index in [0.29, 0.717) is 26.7 Å². The minimum atomic E-state index is -4.77. The predicted molar refractivity (Wildman–Crippen MR) is 138 cm³/mol. The van der Waals surface area contributed by atoms with Crippen molar-refractivity contribution in [1.82, 2.24) is 10.2 Å². The summed E-state index contributed by atoms with van der Waals surface area (Å²) in [5.41, 5.74) is -0.927. The number of nitrogens with zero attached hydrogens (tertiary/aromatic N) is 3. The van der Waals surface area contributed by atoms with E-state index < -0.39 is 39.9 Å². The van der Waals surface area contributed by atoms with Crippen LogP contribution in [0.15, 0.2) is 77.7 Å². The number of sulfonamides is 1. The van der Waals surface area contributed by atoms with Crippen LogP contribution in [0.1, 0.15) is 5.56 Å². The minimum absolute atomic E-state index is 0.0630. The number of rotatable bonds is 8. The summed E-state index contributed by atoms with van der Waals surface area (Å²) in [6.07, 6.45) is -4.77. The molecular weight excluding hydrogens is 565 g/mol. The molecule has 14 heteroatoms. The molecule has 0 saturated heterocycles. The van der Waals surface area contributed by atoms with Crippen LogP contribution in [-0.2, 0) is 21.0 Å². The molecule has 3 aromatic carbocycles. The molecule has 0 saturated carbocycles. The molecule has 4 aromatic rings. The van der Waals surface area contributed by atoms with Gasteiger partial charge in [0.15, 0.2) is 0 Å². The van der Waals surface area contributed by atoms with E-state index in [9.17, 15) is 26.4 Å². The first-order valence-corrected chi connectivity index (χ1v) is 13.3. The van der Waals surface area contributed by atoms with Gasteiger partial charge in [-0.1, -0.05) is 41.1 Å². The van der Waals surface area contributed by atoms with E-state index in [1.54, 1.807) is 30.3 Å². The Bertz CT molecular complexity index is 1550. The maximum absolute atomic E-state index is 13.4. The number of aromatic nitrogens is 2. The van der Waals surface area contributed by atoms with Crippen molar-refractivity contribution in [2.75, 3.05) is 23.3 Å². The monoisotopic (exact) mass is 582 g/mol. The van der Waals surface area contributed by atoms with E-state index in [0.717, 1.165) is 23.5 Å². The minimum Gasteiger partial charge on any atom is -0.497 e. The van der Waals surface area contributed by atoms with Crippen molar-refractivity contribution in [3.63, 3.8) is 0 Å². The number of hydrogen-bond donors (Lipinski definition) is 1. The van der Waals surface area contributed by atoms with E-state index >= 15 is 0 Å². The van der Waals surface area contributed by atoms with Crippen molar-refractivity contribution >= 4 is 49.7 Å². The molecule has 0 aliphatic carbocycles. The Morgan fingerprint density at radius 1 is 1.05 bits per heavy atom. The van der Waals surface area contributed by atoms with E-state index in [1.165, 1.54) is 31.4 Å². The largest absolute Gasteiger partial charge is 0.497 e. The molecule has 0 radical (unpaired) electrons. The van der Waals surface area contributed by atoms with E-state index in [-0.39, 0.29) is 15.0 Å². The van der Waals surface area contributed by atoms with Gasteiger partial charge in [0.1, 0.15) is 17.3 Å². The molecule has 0 bridgehead atoms. The summed E-state index contributed by atoms with van der Waals surface area (Å²) < 4.78 is 72.8. The van der Waals surface area contributed by atoms with Gasteiger partial charge in [-0.05, 0) is 54.6 Å². The van der Waals surface area contributed by atoms with Crippen molar-refractivity contribution in [2.24, 2.45) is 0 Å². The molecule has 0 unspecified atom stereocenters. The van der Waals surface area contributed by atoms with E-state index in [4.69, 9.17) is 16.3 Å².